The molecular weight excluding hydrogens is 272 g/mol. The zero-order chi connectivity index (χ0) is 14.2. The molecule has 1 amide bonds. The first-order valence-corrected chi connectivity index (χ1v) is 7.15. The molecule has 2 aromatic rings. The van der Waals surface area contributed by atoms with Gasteiger partial charge in [0.15, 0.2) is 5.89 Å². The second kappa shape index (κ2) is 5.00. The van der Waals surface area contributed by atoms with E-state index in [1.165, 1.54) is 0 Å². The van der Waals surface area contributed by atoms with Gasteiger partial charge in [-0.1, -0.05) is 0 Å². The lowest BCUT2D eigenvalue weighted by Gasteiger charge is -2.24. The summed E-state index contributed by atoms with van der Waals surface area (Å²) in [7, 11) is 0. The molecule has 1 fully saturated rings. The zero-order valence-electron chi connectivity index (χ0n) is 11.5. The van der Waals surface area contributed by atoms with Crippen LogP contribution in [0.4, 0.5) is 0 Å². The van der Waals surface area contributed by atoms with E-state index in [0.717, 1.165) is 30.4 Å². The van der Waals surface area contributed by atoms with Crippen LogP contribution in [0.5, 0.6) is 0 Å². The molecule has 2 aliphatic heterocycles. The van der Waals surface area contributed by atoms with E-state index in [4.69, 9.17) is 9.15 Å². The zero-order valence-corrected chi connectivity index (χ0v) is 11.5. The number of aromatic nitrogens is 3. The Bertz CT molecular complexity index is 643. The number of amides is 1. The summed E-state index contributed by atoms with van der Waals surface area (Å²) in [6.07, 6.45) is 4.82. The van der Waals surface area contributed by atoms with Crippen LogP contribution in [-0.2, 0) is 17.7 Å². The largest absolute Gasteiger partial charge is 0.445 e. The summed E-state index contributed by atoms with van der Waals surface area (Å²) >= 11 is 0. The van der Waals surface area contributed by atoms with E-state index in [1.807, 2.05) is 0 Å². The van der Waals surface area contributed by atoms with Gasteiger partial charge in [-0.2, -0.15) is 5.10 Å². The number of ether oxygens (including phenoxy) is 1. The van der Waals surface area contributed by atoms with Gasteiger partial charge in [-0.15, -0.1) is 0 Å². The smallest absolute Gasteiger partial charge is 0.257 e. The predicted octanol–water partition coefficient (Wildman–Crippen LogP) is 1.10. The third kappa shape index (κ3) is 2.23. The first-order chi connectivity index (χ1) is 10.3. The highest BCUT2D eigenvalue weighted by molar-refractivity contribution is 5.93. The Morgan fingerprint density at radius 1 is 1.48 bits per heavy atom. The van der Waals surface area contributed by atoms with Crippen LogP contribution in [0, 0.1) is 0 Å². The summed E-state index contributed by atoms with van der Waals surface area (Å²) in [5.41, 5.74) is 1.45. The minimum Gasteiger partial charge on any atom is -0.445 e. The van der Waals surface area contributed by atoms with Crippen molar-refractivity contribution in [2.75, 3.05) is 19.8 Å². The average molecular weight is 288 g/mol. The van der Waals surface area contributed by atoms with Gasteiger partial charge in [0.05, 0.1) is 30.8 Å². The number of hydrogen-bond acceptors (Lipinski definition) is 5. The van der Waals surface area contributed by atoms with Crippen LogP contribution in [-0.4, -0.2) is 45.7 Å². The van der Waals surface area contributed by atoms with Gasteiger partial charge in [-0.25, -0.2) is 4.98 Å². The highest BCUT2D eigenvalue weighted by Crippen LogP contribution is 2.29. The molecule has 4 heterocycles. The van der Waals surface area contributed by atoms with E-state index in [1.54, 1.807) is 17.3 Å². The molecule has 1 unspecified atom stereocenters. The van der Waals surface area contributed by atoms with Crippen molar-refractivity contribution >= 4 is 5.91 Å². The topological polar surface area (TPSA) is 84.2 Å². The van der Waals surface area contributed by atoms with Crippen molar-refractivity contribution in [2.45, 2.75) is 25.3 Å². The van der Waals surface area contributed by atoms with Gasteiger partial charge < -0.3 is 14.1 Å². The van der Waals surface area contributed by atoms with E-state index in [0.29, 0.717) is 31.7 Å². The van der Waals surface area contributed by atoms with E-state index >= 15 is 0 Å². The van der Waals surface area contributed by atoms with Gasteiger partial charge in [0, 0.05) is 25.8 Å². The molecule has 0 spiro atoms. The summed E-state index contributed by atoms with van der Waals surface area (Å²) in [5.74, 6) is 1.90. The maximum atomic E-state index is 12.3. The molecule has 7 nitrogen and oxygen atoms in total. The summed E-state index contributed by atoms with van der Waals surface area (Å²) in [6, 6.07) is 0. The maximum Gasteiger partial charge on any atom is 0.257 e. The van der Waals surface area contributed by atoms with Crippen LogP contribution in [0.1, 0.15) is 40.0 Å². The van der Waals surface area contributed by atoms with E-state index in [2.05, 4.69) is 15.2 Å². The number of rotatable bonds is 2. The lowest BCUT2D eigenvalue weighted by Crippen LogP contribution is -2.35. The fourth-order valence-electron chi connectivity index (χ4n) is 2.85. The van der Waals surface area contributed by atoms with Gasteiger partial charge in [0.25, 0.3) is 5.91 Å². The first-order valence-electron chi connectivity index (χ1n) is 7.15. The Kier molecular flexibility index (Phi) is 2.99. The van der Waals surface area contributed by atoms with Crippen LogP contribution in [0.2, 0.25) is 0 Å². The number of fused-ring (bicyclic) bond motifs is 1. The molecule has 0 aromatic carbocycles. The number of oxazole rings is 1. The number of aromatic amines is 1. The van der Waals surface area contributed by atoms with E-state index in [-0.39, 0.29) is 11.8 Å². The third-order valence-corrected chi connectivity index (χ3v) is 4.06. The number of hydrogen-bond donors (Lipinski definition) is 1. The molecule has 1 N–H and O–H groups in total. The third-order valence-electron chi connectivity index (χ3n) is 4.06. The fourth-order valence-corrected chi connectivity index (χ4v) is 2.85. The second-order valence-corrected chi connectivity index (χ2v) is 5.45. The minimum atomic E-state index is -0.0249. The minimum absolute atomic E-state index is 0.0249. The highest BCUT2D eigenvalue weighted by Gasteiger charge is 2.29. The van der Waals surface area contributed by atoms with Crippen molar-refractivity contribution in [1.29, 1.82) is 0 Å². The van der Waals surface area contributed by atoms with Gasteiger partial charge in [0.2, 0.25) is 0 Å². The molecule has 7 heteroatoms. The fraction of sp³-hybridized carbons (Fsp3) is 0.500. The second-order valence-electron chi connectivity index (χ2n) is 5.45. The number of nitrogens with zero attached hydrogens (tertiary/aromatic N) is 3. The molecule has 0 saturated carbocycles. The molecule has 1 atom stereocenters. The molecule has 1 saturated heterocycles. The van der Waals surface area contributed by atoms with Crippen molar-refractivity contribution in [2.24, 2.45) is 0 Å². The van der Waals surface area contributed by atoms with Crippen molar-refractivity contribution in [3.63, 3.8) is 0 Å². The summed E-state index contributed by atoms with van der Waals surface area (Å²) in [5, 5.41) is 6.48. The molecule has 2 aromatic heterocycles. The van der Waals surface area contributed by atoms with Crippen molar-refractivity contribution in [1.82, 2.24) is 20.1 Å². The summed E-state index contributed by atoms with van der Waals surface area (Å²) in [6.45, 7) is 2.59. The Morgan fingerprint density at radius 2 is 2.43 bits per heavy atom. The number of nitrogens with one attached hydrogen (secondary N) is 1. The molecule has 4 rings (SSSR count). The first kappa shape index (κ1) is 12.6. The standard InChI is InChI=1S/C14H16N4O3/c19-14(10-5-15-16-6-10)18-3-1-12-11(7-18)17-13(21-12)9-2-4-20-8-9/h5-6,9H,1-4,7-8H2,(H,15,16). The quantitative estimate of drug-likeness (QED) is 0.894. The van der Waals surface area contributed by atoms with Gasteiger partial charge >= 0.3 is 0 Å². The molecule has 21 heavy (non-hydrogen) atoms. The molecule has 0 radical (unpaired) electrons. The molecule has 2 aliphatic rings. The Labute approximate surface area is 121 Å². The van der Waals surface area contributed by atoms with Crippen LogP contribution in [0.15, 0.2) is 16.8 Å². The number of H-pyrrole nitrogens is 1. The van der Waals surface area contributed by atoms with Crippen molar-refractivity contribution < 1.29 is 13.9 Å². The lowest BCUT2D eigenvalue weighted by molar-refractivity contribution is 0.0728. The summed E-state index contributed by atoms with van der Waals surface area (Å²) in [4.78, 5) is 18.7. The van der Waals surface area contributed by atoms with Crippen molar-refractivity contribution in [3.8, 4) is 0 Å². The molecular formula is C14H16N4O3. The number of carbonyl (C=O) groups excluding carboxylic acids is 1. The van der Waals surface area contributed by atoms with Crippen LogP contribution in [0.3, 0.4) is 0 Å². The lowest BCUT2D eigenvalue weighted by atomic mass is 10.1. The van der Waals surface area contributed by atoms with Gasteiger partial charge in [0.1, 0.15) is 11.5 Å². The van der Waals surface area contributed by atoms with Crippen LogP contribution < -0.4 is 0 Å². The van der Waals surface area contributed by atoms with Gasteiger partial charge in [-0.3, -0.25) is 9.89 Å². The molecule has 110 valence electrons. The van der Waals surface area contributed by atoms with E-state index in [9.17, 15) is 4.79 Å². The SMILES string of the molecule is O=C(c1cn[nH]c1)N1CCc2oc(C3CCOC3)nc2C1. The van der Waals surface area contributed by atoms with Crippen molar-refractivity contribution in [3.05, 3.63) is 35.3 Å². The maximum absolute atomic E-state index is 12.3. The number of carbonyl (C=O) groups is 1. The highest BCUT2D eigenvalue weighted by atomic mass is 16.5. The summed E-state index contributed by atoms with van der Waals surface area (Å²) < 4.78 is 11.2. The van der Waals surface area contributed by atoms with E-state index < -0.39 is 0 Å². The molecule has 0 bridgehead atoms. The normalized spacial score (nSPS) is 21.5. The average Bonchev–Trinajstić information content (AvgIpc) is 3.24. The monoisotopic (exact) mass is 288 g/mol. The molecule has 0 aliphatic carbocycles. The Hall–Kier alpha value is -2.15. The Balaban J connectivity index is 1.53. The Morgan fingerprint density at radius 3 is 3.19 bits per heavy atom. The van der Waals surface area contributed by atoms with Crippen LogP contribution >= 0.6 is 0 Å². The van der Waals surface area contributed by atoms with Crippen LogP contribution in [0.25, 0.3) is 0 Å². The van der Waals surface area contributed by atoms with Gasteiger partial charge in [-0.05, 0) is 6.42 Å². The predicted molar refractivity (Wildman–Crippen MR) is 71.7 cm³/mol.